The second-order valence-corrected chi connectivity index (χ2v) is 6.94. The van der Waals surface area contributed by atoms with E-state index in [1.54, 1.807) is 36.4 Å². The standard InChI is InChI=1S/C24H21NO5/c1-3-29-17-10-6-9-16(14-17)21-20(22(26)19-12-7-13-30-19)23(27)24(28)25(21)18-11-5-4-8-15(18)2/h4-14,21,27H,3H2,1-2H3. The van der Waals surface area contributed by atoms with Crippen molar-refractivity contribution in [3.05, 3.63) is 95.1 Å². The predicted molar refractivity (Wildman–Crippen MR) is 112 cm³/mol. The number of rotatable bonds is 6. The molecule has 0 bridgehead atoms. The van der Waals surface area contributed by atoms with Crippen molar-refractivity contribution >= 4 is 17.4 Å². The Morgan fingerprint density at radius 3 is 2.63 bits per heavy atom. The molecule has 1 unspecified atom stereocenters. The van der Waals surface area contributed by atoms with Gasteiger partial charge in [0.2, 0.25) is 5.78 Å². The zero-order valence-electron chi connectivity index (χ0n) is 16.7. The van der Waals surface area contributed by atoms with Gasteiger partial charge >= 0.3 is 0 Å². The maximum Gasteiger partial charge on any atom is 0.294 e. The second-order valence-electron chi connectivity index (χ2n) is 6.94. The van der Waals surface area contributed by atoms with Gasteiger partial charge in [0.25, 0.3) is 5.91 Å². The Balaban J connectivity index is 1.90. The zero-order valence-corrected chi connectivity index (χ0v) is 16.7. The largest absolute Gasteiger partial charge is 0.503 e. The summed E-state index contributed by atoms with van der Waals surface area (Å²) in [5.74, 6) is -1.07. The number of para-hydroxylation sites is 1. The minimum Gasteiger partial charge on any atom is -0.503 e. The number of aryl methyl sites for hydroxylation is 1. The van der Waals surface area contributed by atoms with Crippen molar-refractivity contribution in [1.29, 1.82) is 0 Å². The molecule has 2 aromatic carbocycles. The molecule has 1 aromatic heterocycles. The van der Waals surface area contributed by atoms with Crippen LogP contribution in [0.4, 0.5) is 5.69 Å². The Morgan fingerprint density at radius 2 is 1.93 bits per heavy atom. The molecule has 0 saturated carbocycles. The fourth-order valence-electron chi connectivity index (χ4n) is 3.72. The molecule has 152 valence electrons. The van der Waals surface area contributed by atoms with Crippen molar-refractivity contribution in [2.45, 2.75) is 19.9 Å². The monoisotopic (exact) mass is 403 g/mol. The molecule has 1 aliphatic rings. The van der Waals surface area contributed by atoms with Gasteiger partial charge in [-0.05, 0) is 55.3 Å². The van der Waals surface area contributed by atoms with Crippen molar-refractivity contribution in [2.75, 3.05) is 11.5 Å². The van der Waals surface area contributed by atoms with Gasteiger partial charge in [0.05, 0.1) is 24.5 Å². The quantitative estimate of drug-likeness (QED) is 0.600. The van der Waals surface area contributed by atoms with Gasteiger partial charge in [-0.25, -0.2) is 0 Å². The smallest absolute Gasteiger partial charge is 0.294 e. The lowest BCUT2D eigenvalue weighted by atomic mass is 9.94. The van der Waals surface area contributed by atoms with E-state index >= 15 is 0 Å². The SMILES string of the molecule is CCOc1cccc(C2C(C(=O)c3ccco3)=C(O)C(=O)N2c2ccccc2C)c1. The number of carbonyl (C=O) groups excluding carboxylic acids is 2. The van der Waals surface area contributed by atoms with E-state index in [1.165, 1.54) is 17.2 Å². The maximum absolute atomic E-state index is 13.2. The first-order valence-corrected chi connectivity index (χ1v) is 9.66. The van der Waals surface area contributed by atoms with Crippen LogP contribution in [0.2, 0.25) is 0 Å². The molecule has 0 aliphatic carbocycles. The summed E-state index contributed by atoms with van der Waals surface area (Å²) in [4.78, 5) is 27.8. The van der Waals surface area contributed by atoms with Crippen molar-refractivity contribution in [1.82, 2.24) is 0 Å². The lowest BCUT2D eigenvalue weighted by Gasteiger charge is -2.28. The van der Waals surface area contributed by atoms with Crippen LogP contribution in [-0.2, 0) is 4.79 Å². The van der Waals surface area contributed by atoms with E-state index in [1.807, 2.05) is 32.0 Å². The van der Waals surface area contributed by atoms with E-state index in [0.29, 0.717) is 23.6 Å². The molecule has 4 rings (SSSR count). The number of aliphatic hydroxyl groups excluding tert-OH is 1. The summed E-state index contributed by atoms with van der Waals surface area (Å²) in [6.45, 7) is 4.23. The summed E-state index contributed by atoms with van der Waals surface area (Å²) in [5.41, 5.74) is 2.09. The van der Waals surface area contributed by atoms with E-state index in [9.17, 15) is 14.7 Å². The van der Waals surface area contributed by atoms with Crippen molar-refractivity contribution < 1.29 is 23.8 Å². The number of hydrogen-bond acceptors (Lipinski definition) is 5. The van der Waals surface area contributed by atoms with Gasteiger partial charge in [-0.1, -0.05) is 30.3 Å². The zero-order chi connectivity index (χ0) is 21.3. The van der Waals surface area contributed by atoms with E-state index in [4.69, 9.17) is 9.15 Å². The van der Waals surface area contributed by atoms with E-state index in [0.717, 1.165) is 5.56 Å². The summed E-state index contributed by atoms with van der Waals surface area (Å²) >= 11 is 0. The van der Waals surface area contributed by atoms with Crippen LogP contribution in [0, 0.1) is 6.92 Å². The molecule has 6 heteroatoms. The minimum absolute atomic E-state index is 0.0214. The number of ether oxygens (including phenoxy) is 1. The molecule has 0 spiro atoms. The molecule has 1 amide bonds. The summed E-state index contributed by atoms with van der Waals surface area (Å²) in [7, 11) is 0. The highest BCUT2D eigenvalue weighted by Crippen LogP contribution is 2.43. The molecular formula is C24H21NO5. The molecule has 30 heavy (non-hydrogen) atoms. The normalized spacial score (nSPS) is 16.3. The molecule has 0 radical (unpaired) electrons. The van der Waals surface area contributed by atoms with Gasteiger partial charge in [-0.15, -0.1) is 0 Å². The number of aliphatic hydroxyl groups is 1. The average Bonchev–Trinajstić information content (AvgIpc) is 3.37. The molecule has 0 fully saturated rings. The highest BCUT2D eigenvalue weighted by molar-refractivity contribution is 6.20. The first-order valence-electron chi connectivity index (χ1n) is 9.66. The summed E-state index contributed by atoms with van der Waals surface area (Å²) in [6, 6.07) is 16.8. The number of hydrogen-bond donors (Lipinski definition) is 1. The summed E-state index contributed by atoms with van der Waals surface area (Å²) < 4.78 is 10.9. The molecule has 6 nitrogen and oxygen atoms in total. The Morgan fingerprint density at radius 1 is 1.13 bits per heavy atom. The van der Waals surface area contributed by atoms with E-state index < -0.39 is 23.5 Å². The van der Waals surface area contributed by atoms with Crippen LogP contribution in [0.3, 0.4) is 0 Å². The first kappa shape index (κ1) is 19.5. The van der Waals surface area contributed by atoms with Gasteiger partial charge in [-0.3, -0.25) is 14.5 Å². The average molecular weight is 403 g/mol. The second kappa shape index (κ2) is 7.91. The number of carbonyl (C=O) groups is 2. The van der Waals surface area contributed by atoms with Crippen LogP contribution in [0.25, 0.3) is 0 Å². The topological polar surface area (TPSA) is 80.0 Å². The molecule has 1 N–H and O–H groups in total. The third-order valence-corrected chi connectivity index (χ3v) is 5.06. The molecule has 2 heterocycles. The van der Waals surface area contributed by atoms with Gasteiger partial charge in [0.1, 0.15) is 5.75 Å². The lowest BCUT2D eigenvalue weighted by Crippen LogP contribution is -2.31. The Kier molecular flexibility index (Phi) is 5.14. The summed E-state index contributed by atoms with van der Waals surface area (Å²) in [6.07, 6.45) is 1.38. The van der Waals surface area contributed by atoms with E-state index in [-0.39, 0.29) is 11.3 Å². The number of anilines is 1. The highest BCUT2D eigenvalue weighted by Gasteiger charge is 2.45. The van der Waals surface area contributed by atoms with Crippen LogP contribution in [0.15, 0.2) is 82.7 Å². The summed E-state index contributed by atoms with van der Waals surface area (Å²) in [5, 5.41) is 10.7. The number of ketones is 1. The van der Waals surface area contributed by atoms with Crippen LogP contribution >= 0.6 is 0 Å². The van der Waals surface area contributed by atoms with Gasteiger partial charge in [0.15, 0.2) is 11.5 Å². The lowest BCUT2D eigenvalue weighted by molar-refractivity contribution is -0.117. The van der Waals surface area contributed by atoms with Gasteiger partial charge in [-0.2, -0.15) is 0 Å². The van der Waals surface area contributed by atoms with Gasteiger partial charge in [0, 0.05) is 5.69 Å². The van der Waals surface area contributed by atoms with Crippen LogP contribution < -0.4 is 9.64 Å². The number of benzene rings is 2. The number of Topliss-reactive ketones (excluding diaryl/α,β-unsaturated/α-hetero) is 1. The predicted octanol–water partition coefficient (Wildman–Crippen LogP) is 4.77. The number of furan rings is 1. The molecule has 1 atom stereocenters. The van der Waals surface area contributed by atoms with Crippen LogP contribution in [0.5, 0.6) is 5.75 Å². The molecule has 3 aromatic rings. The fraction of sp³-hybridized carbons (Fsp3) is 0.167. The van der Waals surface area contributed by atoms with Gasteiger partial charge < -0.3 is 14.3 Å². The molecular weight excluding hydrogens is 382 g/mol. The molecule has 1 aliphatic heterocycles. The third kappa shape index (κ3) is 3.26. The first-order chi connectivity index (χ1) is 14.5. The van der Waals surface area contributed by atoms with Crippen molar-refractivity contribution in [3.63, 3.8) is 0 Å². The Hall–Kier alpha value is -3.80. The third-order valence-electron chi connectivity index (χ3n) is 5.06. The van der Waals surface area contributed by atoms with Crippen molar-refractivity contribution in [2.24, 2.45) is 0 Å². The minimum atomic E-state index is -0.823. The number of nitrogens with zero attached hydrogens (tertiary/aromatic N) is 1. The van der Waals surface area contributed by atoms with Crippen LogP contribution in [-0.4, -0.2) is 23.4 Å². The fourth-order valence-corrected chi connectivity index (χ4v) is 3.72. The number of amides is 1. The Bertz CT molecular complexity index is 1130. The van der Waals surface area contributed by atoms with Crippen LogP contribution in [0.1, 0.15) is 34.6 Å². The maximum atomic E-state index is 13.2. The van der Waals surface area contributed by atoms with E-state index in [2.05, 4.69) is 0 Å². The molecule has 0 saturated heterocycles. The van der Waals surface area contributed by atoms with Crippen molar-refractivity contribution in [3.8, 4) is 5.75 Å². The highest BCUT2D eigenvalue weighted by atomic mass is 16.5. The Labute approximate surface area is 174 Å².